The Morgan fingerprint density at radius 2 is 2.15 bits per heavy atom. The van der Waals surface area contributed by atoms with E-state index in [2.05, 4.69) is 23.8 Å². The van der Waals surface area contributed by atoms with Gasteiger partial charge in [-0.3, -0.25) is 4.90 Å². The Kier molecular flexibility index (Phi) is 5.07. The van der Waals surface area contributed by atoms with Crippen LogP contribution in [0.15, 0.2) is 0 Å². The molecule has 78 valence electrons. The van der Waals surface area contributed by atoms with E-state index >= 15 is 0 Å². The van der Waals surface area contributed by atoms with E-state index in [-0.39, 0.29) is 0 Å². The summed E-state index contributed by atoms with van der Waals surface area (Å²) in [5, 5.41) is 0. The first-order valence-corrected chi connectivity index (χ1v) is 5.76. The molecule has 0 aromatic heterocycles. The summed E-state index contributed by atoms with van der Waals surface area (Å²) >= 11 is 5.70. The second-order valence-electron chi connectivity index (χ2n) is 4.04. The maximum atomic E-state index is 5.70. The van der Waals surface area contributed by atoms with Gasteiger partial charge in [-0.15, -0.1) is 11.6 Å². The molecule has 13 heavy (non-hydrogen) atoms. The molecule has 0 N–H and O–H groups in total. The van der Waals surface area contributed by atoms with E-state index in [0.717, 1.165) is 12.3 Å². The van der Waals surface area contributed by atoms with Gasteiger partial charge in [0.05, 0.1) is 0 Å². The van der Waals surface area contributed by atoms with Crippen LogP contribution >= 0.6 is 11.6 Å². The summed E-state index contributed by atoms with van der Waals surface area (Å²) in [5.74, 6) is 0.791. The highest BCUT2D eigenvalue weighted by Crippen LogP contribution is 2.08. The van der Waals surface area contributed by atoms with Crippen LogP contribution in [0.1, 0.15) is 19.8 Å². The first kappa shape index (κ1) is 11.3. The van der Waals surface area contributed by atoms with Gasteiger partial charge in [-0.25, -0.2) is 0 Å². The lowest BCUT2D eigenvalue weighted by molar-refractivity contribution is 0.203. The number of rotatable bonds is 3. The van der Waals surface area contributed by atoms with Crippen molar-refractivity contribution in [3.63, 3.8) is 0 Å². The fourth-order valence-electron chi connectivity index (χ4n) is 2.02. The van der Waals surface area contributed by atoms with E-state index < -0.39 is 0 Å². The fourth-order valence-corrected chi connectivity index (χ4v) is 2.14. The maximum absolute atomic E-state index is 5.70. The van der Waals surface area contributed by atoms with Crippen molar-refractivity contribution in [1.82, 2.24) is 9.80 Å². The highest BCUT2D eigenvalue weighted by atomic mass is 35.5. The number of halogens is 1. The van der Waals surface area contributed by atoms with E-state index in [1.165, 1.54) is 32.6 Å². The molecule has 1 atom stereocenters. The third kappa shape index (κ3) is 3.84. The van der Waals surface area contributed by atoms with E-state index in [1.807, 2.05) is 0 Å². The van der Waals surface area contributed by atoms with Crippen molar-refractivity contribution in [1.29, 1.82) is 0 Å². The van der Waals surface area contributed by atoms with Crippen molar-refractivity contribution in [3.8, 4) is 0 Å². The minimum Gasteiger partial charge on any atom is -0.305 e. The summed E-state index contributed by atoms with van der Waals surface area (Å²) in [6, 6.07) is 0.690. The number of likely N-dealkylation sites (N-methyl/N-ethyl adjacent to an activating group) is 1. The Morgan fingerprint density at radius 1 is 1.38 bits per heavy atom. The van der Waals surface area contributed by atoms with Crippen molar-refractivity contribution >= 4 is 11.6 Å². The first-order chi connectivity index (χ1) is 6.24. The SMILES string of the molecule is CC1CN(C)CCCN1CCCCl. The zero-order valence-electron chi connectivity index (χ0n) is 8.80. The normalized spacial score (nSPS) is 27.5. The Labute approximate surface area is 86.8 Å². The molecule has 0 bridgehead atoms. The number of nitrogens with zero attached hydrogens (tertiary/aromatic N) is 2. The molecule has 1 fully saturated rings. The number of alkyl halides is 1. The number of hydrogen-bond donors (Lipinski definition) is 0. The quantitative estimate of drug-likeness (QED) is 0.645. The summed E-state index contributed by atoms with van der Waals surface area (Å²) in [5.41, 5.74) is 0. The van der Waals surface area contributed by atoms with Gasteiger partial charge in [-0.2, -0.15) is 0 Å². The van der Waals surface area contributed by atoms with Crippen molar-refractivity contribution in [2.24, 2.45) is 0 Å². The molecule has 2 nitrogen and oxygen atoms in total. The van der Waals surface area contributed by atoms with E-state index in [4.69, 9.17) is 11.6 Å². The van der Waals surface area contributed by atoms with Gasteiger partial charge in [0.15, 0.2) is 0 Å². The predicted octanol–water partition coefficient (Wildman–Crippen LogP) is 1.64. The van der Waals surface area contributed by atoms with Crippen molar-refractivity contribution in [3.05, 3.63) is 0 Å². The molecule has 1 saturated heterocycles. The van der Waals surface area contributed by atoms with Crippen LogP contribution in [0.2, 0.25) is 0 Å². The minimum absolute atomic E-state index is 0.690. The molecule has 3 heteroatoms. The topological polar surface area (TPSA) is 6.48 Å². The van der Waals surface area contributed by atoms with Gasteiger partial charge in [0, 0.05) is 18.5 Å². The van der Waals surface area contributed by atoms with E-state index in [1.54, 1.807) is 0 Å². The highest BCUT2D eigenvalue weighted by molar-refractivity contribution is 6.17. The average Bonchev–Trinajstić information content (AvgIpc) is 2.24. The minimum atomic E-state index is 0.690. The van der Waals surface area contributed by atoms with Crippen LogP contribution in [0.4, 0.5) is 0 Å². The average molecular weight is 205 g/mol. The smallest absolute Gasteiger partial charge is 0.0235 e. The lowest BCUT2D eigenvalue weighted by Gasteiger charge is -2.27. The third-order valence-corrected chi connectivity index (χ3v) is 3.03. The van der Waals surface area contributed by atoms with Crippen molar-refractivity contribution < 1.29 is 0 Å². The summed E-state index contributed by atoms with van der Waals surface area (Å²) in [6.45, 7) is 7.15. The van der Waals surface area contributed by atoms with Gasteiger partial charge in [0.25, 0.3) is 0 Å². The molecule has 0 aliphatic carbocycles. The number of hydrogen-bond acceptors (Lipinski definition) is 2. The molecule has 1 rings (SSSR count). The van der Waals surface area contributed by atoms with Crippen LogP contribution in [-0.2, 0) is 0 Å². The van der Waals surface area contributed by atoms with Crippen LogP contribution in [0.5, 0.6) is 0 Å². The van der Waals surface area contributed by atoms with Gasteiger partial charge in [0.1, 0.15) is 0 Å². The summed E-state index contributed by atoms with van der Waals surface area (Å²) in [4.78, 5) is 4.98. The molecule has 0 aromatic carbocycles. The van der Waals surface area contributed by atoms with Crippen LogP contribution < -0.4 is 0 Å². The van der Waals surface area contributed by atoms with Gasteiger partial charge >= 0.3 is 0 Å². The predicted molar refractivity (Wildman–Crippen MR) is 58.5 cm³/mol. The standard InChI is InChI=1S/C10H21ClN2/c1-10-9-12(2)6-4-8-13(10)7-3-5-11/h10H,3-9H2,1-2H3. The molecule has 0 spiro atoms. The Balaban J connectivity index is 2.34. The summed E-state index contributed by atoms with van der Waals surface area (Å²) in [6.07, 6.45) is 2.42. The van der Waals surface area contributed by atoms with Gasteiger partial charge < -0.3 is 4.90 Å². The molecule has 1 aliphatic rings. The monoisotopic (exact) mass is 204 g/mol. The second-order valence-corrected chi connectivity index (χ2v) is 4.42. The summed E-state index contributed by atoms with van der Waals surface area (Å²) < 4.78 is 0. The summed E-state index contributed by atoms with van der Waals surface area (Å²) in [7, 11) is 2.21. The van der Waals surface area contributed by atoms with Gasteiger partial charge in [0.2, 0.25) is 0 Å². The van der Waals surface area contributed by atoms with Crippen molar-refractivity contribution in [2.75, 3.05) is 39.1 Å². The molecular formula is C10H21ClN2. The Bertz CT molecular complexity index is 139. The third-order valence-electron chi connectivity index (χ3n) is 2.76. The lowest BCUT2D eigenvalue weighted by Crippen LogP contribution is -2.38. The molecule has 0 saturated carbocycles. The molecule has 0 radical (unpaired) electrons. The van der Waals surface area contributed by atoms with E-state index in [9.17, 15) is 0 Å². The van der Waals surface area contributed by atoms with Crippen LogP contribution in [0, 0.1) is 0 Å². The fraction of sp³-hybridized carbons (Fsp3) is 1.00. The largest absolute Gasteiger partial charge is 0.305 e. The van der Waals surface area contributed by atoms with Crippen LogP contribution in [0.25, 0.3) is 0 Å². The highest BCUT2D eigenvalue weighted by Gasteiger charge is 2.18. The molecule has 1 aliphatic heterocycles. The zero-order chi connectivity index (χ0) is 9.68. The molecule has 1 unspecified atom stereocenters. The lowest BCUT2D eigenvalue weighted by atomic mass is 10.2. The van der Waals surface area contributed by atoms with Crippen LogP contribution in [0.3, 0.4) is 0 Å². The molecule has 0 amide bonds. The Morgan fingerprint density at radius 3 is 2.85 bits per heavy atom. The zero-order valence-corrected chi connectivity index (χ0v) is 9.56. The molecular weight excluding hydrogens is 184 g/mol. The second kappa shape index (κ2) is 5.84. The van der Waals surface area contributed by atoms with Gasteiger partial charge in [-0.1, -0.05) is 0 Å². The first-order valence-electron chi connectivity index (χ1n) is 5.22. The maximum Gasteiger partial charge on any atom is 0.0235 e. The van der Waals surface area contributed by atoms with E-state index in [0.29, 0.717) is 6.04 Å². The Hall–Kier alpha value is 0.210. The molecule has 1 heterocycles. The molecule has 0 aromatic rings. The van der Waals surface area contributed by atoms with Gasteiger partial charge in [-0.05, 0) is 46.4 Å². The van der Waals surface area contributed by atoms with Crippen molar-refractivity contribution in [2.45, 2.75) is 25.8 Å². The van der Waals surface area contributed by atoms with Crippen LogP contribution in [-0.4, -0.2) is 54.9 Å².